The van der Waals surface area contributed by atoms with Crippen molar-refractivity contribution in [2.45, 2.75) is 4.90 Å². The molecule has 3 aromatic carbocycles. The normalized spacial score (nSPS) is 11.1. The van der Waals surface area contributed by atoms with E-state index in [1.165, 1.54) is 48.5 Å². The van der Waals surface area contributed by atoms with Crippen LogP contribution in [0.15, 0.2) is 76.1 Å². The molecular formula is C19H13BrF2N2O3S. The molecule has 1 amide bonds. The Hall–Kier alpha value is -2.78. The zero-order valence-corrected chi connectivity index (χ0v) is 16.5. The Morgan fingerprint density at radius 2 is 1.61 bits per heavy atom. The zero-order chi connectivity index (χ0) is 20.3. The number of benzene rings is 3. The van der Waals surface area contributed by atoms with Gasteiger partial charge in [0.1, 0.15) is 11.6 Å². The number of carbonyl (C=O) groups excluding carboxylic acids is 1. The second-order valence-corrected chi connectivity index (χ2v) is 8.29. The van der Waals surface area contributed by atoms with Crippen molar-refractivity contribution in [1.29, 1.82) is 0 Å². The number of para-hydroxylation sites is 1. The molecule has 0 aliphatic heterocycles. The third kappa shape index (κ3) is 4.55. The van der Waals surface area contributed by atoms with Crippen molar-refractivity contribution in [2.75, 3.05) is 10.0 Å². The minimum atomic E-state index is -4.13. The Kier molecular flexibility index (Phi) is 5.76. The van der Waals surface area contributed by atoms with Crippen LogP contribution in [0.3, 0.4) is 0 Å². The molecule has 0 bridgehead atoms. The van der Waals surface area contributed by atoms with E-state index in [9.17, 15) is 22.0 Å². The summed E-state index contributed by atoms with van der Waals surface area (Å²) in [6.07, 6.45) is 0. The summed E-state index contributed by atoms with van der Waals surface area (Å²) in [5, 5.41) is 2.38. The fourth-order valence-corrected chi connectivity index (χ4v) is 3.78. The molecule has 0 aliphatic carbocycles. The Morgan fingerprint density at radius 1 is 0.857 bits per heavy atom. The van der Waals surface area contributed by atoms with Crippen molar-refractivity contribution in [3.05, 3.63) is 88.4 Å². The van der Waals surface area contributed by atoms with Gasteiger partial charge in [-0.25, -0.2) is 17.2 Å². The minimum Gasteiger partial charge on any atom is -0.319 e. The summed E-state index contributed by atoms with van der Waals surface area (Å²) >= 11 is 3.12. The van der Waals surface area contributed by atoms with Gasteiger partial charge in [0, 0.05) is 10.0 Å². The maximum Gasteiger partial charge on any atom is 0.262 e. The standard InChI is InChI=1S/C19H13BrF2N2O3S/c20-13-8-9-17(16(22)11-13)23-19(25)12-4-3-5-14(10-12)28(26,27)24-18-7-2-1-6-15(18)21/h1-11,24H,(H,23,25). The number of nitrogens with one attached hydrogen (secondary N) is 2. The molecule has 3 aromatic rings. The molecule has 9 heteroatoms. The smallest absolute Gasteiger partial charge is 0.262 e. The fraction of sp³-hybridized carbons (Fsp3) is 0. The van der Waals surface area contributed by atoms with Gasteiger partial charge in [0.25, 0.3) is 15.9 Å². The molecule has 0 saturated carbocycles. The highest BCUT2D eigenvalue weighted by atomic mass is 79.9. The fourth-order valence-electron chi connectivity index (χ4n) is 2.34. The van der Waals surface area contributed by atoms with E-state index in [2.05, 4.69) is 26.0 Å². The first kappa shape index (κ1) is 20.0. The number of rotatable bonds is 5. The first-order valence-corrected chi connectivity index (χ1v) is 10.2. The SMILES string of the molecule is O=C(Nc1ccc(Br)cc1F)c1cccc(S(=O)(=O)Nc2ccccc2F)c1. The number of sulfonamides is 1. The van der Waals surface area contributed by atoms with Crippen molar-refractivity contribution in [3.63, 3.8) is 0 Å². The Labute approximate surface area is 168 Å². The number of anilines is 2. The number of halogens is 3. The lowest BCUT2D eigenvalue weighted by Crippen LogP contribution is -2.16. The summed E-state index contributed by atoms with van der Waals surface area (Å²) in [5.74, 6) is -2.07. The monoisotopic (exact) mass is 466 g/mol. The summed E-state index contributed by atoms with van der Waals surface area (Å²) in [6, 6.07) is 14.6. The van der Waals surface area contributed by atoms with Crippen LogP contribution in [-0.4, -0.2) is 14.3 Å². The van der Waals surface area contributed by atoms with Gasteiger partial charge in [0.05, 0.1) is 16.3 Å². The molecular weight excluding hydrogens is 454 g/mol. The molecule has 0 fully saturated rings. The molecule has 3 rings (SSSR count). The lowest BCUT2D eigenvalue weighted by Gasteiger charge is -2.11. The molecule has 5 nitrogen and oxygen atoms in total. The van der Waals surface area contributed by atoms with E-state index in [0.29, 0.717) is 4.47 Å². The lowest BCUT2D eigenvalue weighted by atomic mass is 10.2. The summed E-state index contributed by atoms with van der Waals surface area (Å²) < 4.78 is 55.3. The molecule has 0 atom stereocenters. The van der Waals surface area contributed by atoms with E-state index < -0.39 is 27.6 Å². The predicted octanol–water partition coefficient (Wildman–Crippen LogP) is 4.78. The molecule has 0 unspecified atom stereocenters. The quantitative estimate of drug-likeness (QED) is 0.567. The topological polar surface area (TPSA) is 75.3 Å². The third-order valence-corrected chi connectivity index (χ3v) is 5.56. The highest BCUT2D eigenvalue weighted by Gasteiger charge is 2.18. The molecule has 28 heavy (non-hydrogen) atoms. The van der Waals surface area contributed by atoms with E-state index in [4.69, 9.17) is 0 Å². The van der Waals surface area contributed by atoms with Gasteiger partial charge in [0.15, 0.2) is 0 Å². The highest BCUT2D eigenvalue weighted by Crippen LogP contribution is 2.22. The molecule has 0 aromatic heterocycles. The van der Waals surface area contributed by atoms with Crippen molar-refractivity contribution < 1.29 is 22.0 Å². The third-order valence-electron chi connectivity index (χ3n) is 3.70. The number of hydrogen-bond acceptors (Lipinski definition) is 3. The largest absolute Gasteiger partial charge is 0.319 e. The van der Waals surface area contributed by atoms with Crippen LogP contribution in [0.1, 0.15) is 10.4 Å². The van der Waals surface area contributed by atoms with Gasteiger partial charge >= 0.3 is 0 Å². The van der Waals surface area contributed by atoms with Gasteiger partial charge in [-0.3, -0.25) is 9.52 Å². The van der Waals surface area contributed by atoms with Crippen LogP contribution in [0.4, 0.5) is 20.2 Å². The Balaban J connectivity index is 1.85. The summed E-state index contributed by atoms with van der Waals surface area (Å²) in [7, 11) is -4.13. The minimum absolute atomic E-state index is 0.00118. The van der Waals surface area contributed by atoms with Crippen molar-refractivity contribution in [1.82, 2.24) is 0 Å². The van der Waals surface area contributed by atoms with Crippen LogP contribution in [0.2, 0.25) is 0 Å². The average molecular weight is 467 g/mol. The first-order valence-electron chi connectivity index (χ1n) is 7.90. The summed E-state index contributed by atoms with van der Waals surface area (Å²) in [5.41, 5.74) is -0.265. The molecule has 0 radical (unpaired) electrons. The summed E-state index contributed by atoms with van der Waals surface area (Å²) in [4.78, 5) is 12.1. The van der Waals surface area contributed by atoms with Crippen LogP contribution in [0, 0.1) is 11.6 Å². The van der Waals surface area contributed by atoms with Crippen molar-refractivity contribution >= 4 is 43.2 Å². The molecule has 0 saturated heterocycles. The summed E-state index contributed by atoms with van der Waals surface area (Å²) in [6.45, 7) is 0. The van der Waals surface area contributed by atoms with Crippen LogP contribution in [0.5, 0.6) is 0 Å². The van der Waals surface area contributed by atoms with Crippen LogP contribution in [-0.2, 0) is 10.0 Å². The molecule has 0 heterocycles. The maximum absolute atomic E-state index is 13.9. The van der Waals surface area contributed by atoms with Gasteiger partial charge in [-0.1, -0.05) is 34.1 Å². The van der Waals surface area contributed by atoms with E-state index in [0.717, 1.165) is 12.1 Å². The van der Waals surface area contributed by atoms with Gasteiger partial charge < -0.3 is 5.32 Å². The average Bonchev–Trinajstić information content (AvgIpc) is 2.66. The Bertz CT molecular complexity index is 1150. The Morgan fingerprint density at radius 3 is 2.32 bits per heavy atom. The predicted molar refractivity (Wildman–Crippen MR) is 106 cm³/mol. The number of hydrogen-bond donors (Lipinski definition) is 2. The first-order chi connectivity index (χ1) is 13.3. The molecule has 144 valence electrons. The van der Waals surface area contributed by atoms with Gasteiger partial charge in [-0.2, -0.15) is 0 Å². The molecule has 0 aliphatic rings. The highest BCUT2D eigenvalue weighted by molar-refractivity contribution is 9.10. The van der Waals surface area contributed by atoms with E-state index in [1.807, 2.05) is 0 Å². The zero-order valence-electron chi connectivity index (χ0n) is 14.1. The number of amides is 1. The second-order valence-electron chi connectivity index (χ2n) is 5.69. The van der Waals surface area contributed by atoms with Crippen molar-refractivity contribution in [2.24, 2.45) is 0 Å². The van der Waals surface area contributed by atoms with E-state index >= 15 is 0 Å². The lowest BCUT2D eigenvalue weighted by molar-refractivity contribution is 0.102. The second kappa shape index (κ2) is 8.07. The van der Waals surface area contributed by atoms with E-state index in [1.54, 1.807) is 6.07 Å². The van der Waals surface area contributed by atoms with Gasteiger partial charge in [-0.05, 0) is 48.5 Å². The molecule has 2 N–H and O–H groups in total. The maximum atomic E-state index is 13.9. The van der Waals surface area contributed by atoms with Crippen LogP contribution in [0.25, 0.3) is 0 Å². The molecule has 0 spiro atoms. The van der Waals surface area contributed by atoms with Crippen LogP contribution >= 0.6 is 15.9 Å². The van der Waals surface area contributed by atoms with Crippen LogP contribution < -0.4 is 10.0 Å². The van der Waals surface area contributed by atoms with Gasteiger partial charge in [0.2, 0.25) is 0 Å². The van der Waals surface area contributed by atoms with E-state index in [-0.39, 0.29) is 21.8 Å². The van der Waals surface area contributed by atoms with Crippen molar-refractivity contribution in [3.8, 4) is 0 Å². The number of carbonyl (C=O) groups is 1. The van der Waals surface area contributed by atoms with Gasteiger partial charge in [-0.15, -0.1) is 0 Å².